The van der Waals surface area contributed by atoms with E-state index in [4.69, 9.17) is 9.26 Å². The third kappa shape index (κ3) is 4.80. The van der Waals surface area contributed by atoms with Gasteiger partial charge in [-0.05, 0) is 7.05 Å². The molecular weight excluding hydrogens is 222 g/mol. The van der Waals surface area contributed by atoms with Crippen LogP contribution in [0.1, 0.15) is 31.5 Å². The molecule has 1 atom stereocenters. The van der Waals surface area contributed by atoms with Crippen molar-refractivity contribution in [3.05, 3.63) is 11.7 Å². The van der Waals surface area contributed by atoms with E-state index >= 15 is 0 Å². The maximum atomic E-state index is 9.56. The zero-order chi connectivity index (χ0) is 12.8. The lowest BCUT2D eigenvalue weighted by atomic mass is 10.2. The highest BCUT2D eigenvalue weighted by Gasteiger charge is 2.13. The molecule has 0 aromatic carbocycles. The molecule has 0 saturated heterocycles. The summed E-state index contributed by atoms with van der Waals surface area (Å²) >= 11 is 0. The molecule has 6 nitrogen and oxygen atoms in total. The van der Waals surface area contributed by atoms with Gasteiger partial charge in [0.15, 0.2) is 5.82 Å². The summed E-state index contributed by atoms with van der Waals surface area (Å²) in [6.45, 7) is 5.40. The van der Waals surface area contributed by atoms with Gasteiger partial charge in [-0.15, -0.1) is 0 Å². The smallest absolute Gasteiger partial charge is 0.229 e. The van der Waals surface area contributed by atoms with Crippen molar-refractivity contribution in [2.75, 3.05) is 27.3 Å². The summed E-state index contributed by atoms with van der Waals surface area (Å²) in [4.78, 5) is 6.20. The fraction of sp³-hybridized carbons (Fsp3) is 0.818. The van der Waals surface area contributed by atoms with Crippen LogP contribution in [0.3, 0.4) is 0 Å². The average Bonchev–Trinajstić information content (AvgIpc) is 2.66. The minimum atomic E-state index is -0.499. The van der Waals surface area contributed by atoms with Gasteiger partial charge < -0.3 is 14.4 Å². The van der Waals surface area contributed by atoms with E-state index in [0.29, 0.717) is 31.4 Å². The van der Waals surface area contributed by atoms with E-state index in [-0.39, 0.29) is 5.92 Å². The third-order valence-electron chi connectivity index (χ3n) is 2.27. The van der Waals surface area contributed by atoms with Crippen LogP contribution in [-0.4, -0.2) is 53.6 Å². The van der Waals surface area contributed by atoms with Crippen LogP contribution in [0.5, 0.6) is 0 Å². The predicted molar refractivity (Wildman–Crippen MR) is 62.6 cm³/mol. The number of aromatic nitrogens is 2. The van der Waals surface area contributed by atoms with Crippen LogP contribution in [0, 0.1) is 0 Å². The highest BCUT2D eigenvalue weighted by molar-refractivity contribution is 4.90. The van der Waals surface area contributed by atoms with Gasteiger partial charge in [-0.2, -0.15) is 4.98 Å². The fourth-order valence-electron chi connectivity index (χ4n) is 1.48. The SMILES string of the molecule is COCC(O)CN(C)Cc1noc(C(C)C)n1. The first-order valence-corrected chi connectivity index (χ1v) is 5.71. The quantitative estimate of drug-likeness (QED) is 0.757. The van der Waals surface area contributed by atoms with Crippen LogP contribution in [0.15, 0.2) is 4.52 Å². The molecule has 17 heavy (non-hydrogen) atoms. The van der Waals surface area contributed by atoms with Crippen molar-refractivity contribution in [2.24, 2.45) is 0 Å². The topological polar surface area (TPSA) is 71.6 Å². The van der Waals surface area contributed by atoms with Crippen LogP contribution in [0.25, 0.3) is 0 Å². The third-order valence-corrected chi connectivity index (χ3v) is 2.27. The number of hydrogen-bond acceptors (Lipinski definition) is 6. The Morgan fingerprint density at radius 2 is 2.18 bits per heavy atom. The van der Waals surface area contributed by atoms with Crippen molar-refractivity contribution in [3.8, 4) is 0 Å². The van der Waals surface area contributed by atoms with Crippen LogP contribution < -0.4 is 0 Å². The second-order valence-corrected chi connectivity index (χ2v) is 4.51. The van der Waals surface area contributed by atoms with Crippen LogP contribution >= 0.6 is 0 Å². The summed E-state index contributed by atoms with van der Waals surface area (Å²) in [7, 11) is 3.46. The number of aliphatic hydroxyl groups excluding tert-OH is 1. The summed E-state index contributed by atoms with van der Waals surface area (Å²) in [5, 5.41) is 13.5. The van der Waals surface area contributed by atoms with E-state index in [1.807, 2.05) is 25.8 Å². The number of ether oxygens (including phenoxy) is 1. The molecule has 98 valence electrons. The summed E-state index contributed by atoms with van der Waals surface area (Å²) in [5.74, 6) is 1.52. The predicted octanol–water partition coefficient (Wildman–Crippen LogP) is 0.632. The largest absolute Gasteiger partial charge is 0.389 e. The number of rotatable bonds is 7. The molecule has 6 heteroatoms. The van der Waals surface area contributed by atoms with Crippen molar-refractivity contribution in [1.82, 2.24) is 15.0 Å². The summed E-state index contributed by atoms with van der Waals surface area (Å²) < 4.78 is 9.97. The molecule has 1 N–H and O–H groups in total. The summed E-state index contributed by atoms with van der Waals surface area (Å²) in [5.41, 5.74) is 0. The molecule has 0 aliphatic heterocycles. The van der Waals surface area contributed by atoms with Crippen LogP contribution in [-0.2, 0) is 11.3 Å². The maximum Gasteiger partial charge on any atom is 0.229 e. The lowest BCUT2D eigenvalue weighted by molar-refractivity contribution is 0.0413. The van der Waals surface area contributed by atoms with E-state index in [1.165, 1.54) is 0 Å². The highest BCUT2D eigenvalue weighted by Crippen LogP contribution is 2.11. The van der Waals surface area contributed by atoms with Gasteiger partial charge in [0.25, 0.3) is 0 Å². The molecule has 0 saturated carbocycles. The molecule has 1 rings (SSSR count). The molecule has 0 fully saturated rings. The van der Waals surface area contributed by atoms with Gasteiger partial charge in [-0.25, -0.2) is 0 Å². The van der Waals surface area contributed by atoms with Gasteiger partial charge in [0.05, 0.1) is 19.3 Å². The number of methoxy groups -OCH3 is 1. The molecule has 0 amide bonds. The standard InChI is InChI=1S/C11H21N3O3/c1-8(2)11-12-10(13-17-11)6-14(3)5-9(15)7-16-4/h8-9,15H,5-7H2,1-4H3. The van der Waals surface area contributed by atoms with Crippen LogP contribution in [0.4, 0.5) is 0 Å². The first kappa shape index (κ1) is 14.1. The Morgan fingerprint density at radius 1 is 1.47 bits per heavy atom. The van der Waals surface area contributed by atoms with Gasteiger partial charge in [-0.1, -0.05) is 19.0 Å². The lowest BCUT2D eigenvalue weighted by Gasteiger charge is -2.18. The Balaban J connectivity index is 2.41. The monoisotopic (exact) mass is 243 g/mol. The van der Waals surface area contributed by atoms with Gasteiger partial charge in [-0.3, -0.25) is 4.90 Å². The Kier molecular flexibility index (Phi) is 5.54. The molecule has 0 bridgehead atoms. The molecule has 1 aromatic rings. The van der Waals surface area contributed by atoms with Crippen molar-refractivity contribution in [1.29, 1.82) is 0 Å². The molecule has 0 radical (unpaired) electrons. The fourth-order valence-corrected chi connectivity index (χ4v) is 1.48. The maximum absolute atomic E-state index is 9.56. The minimum Gasteiger partial charge on any atom is -0.389 e. The Hall–Kier alpha value is -0.980. The van der Waals surface area contributed by atoms with Gasteiger partial charge in [0, 0.05) is 19.6 Å². The van der Waals surface area contributed by atoms with Crippen molar-refractivity contribution < 1.29 is 14.4 Å². The van der Waals surface area contributed by atoms with Gasteiger partial charge in [0.1, 0.15) is 0 Å². The van der Waals surface area contributed by atoms with Gasteiger partial charge >= 0.3 is 0 Å². The Bertz CT molecular complexity index is 328. The highest BCUT2D eigenvalue weighted by atomic mass is 16.5. The zero-order valence-electron chi connectivity index (χ0n) is 10.9. The zero-order valence-corrected chi connectivity index (χ0v) is 10.9. The van der Waals surface area contributed by atoms with Crippen molar-refractivity contribution in [2.45, 2.75) is 32.4 Å². The van der Waals surface area contributed by atoms with Crippen LogP contribution in [0.2, 0.25) is 0 Å². The van der Waals surface area contributed by atoms with E-state index in [1.54, 1.807) is 7.11 Å². The second kappa shape index (κ2) is 6.68. The molecule has 1 heterocycles. The molecule has 1 aromatic heterocycles. The average molecular weight is 243 g/mol. The Morgan fingerprint density at radius 3 is 2.71 bits per heavy atom. The first-order valence-electron chi connectivity index (χ1n) is 5.71. The van der Waals surface area contributed by atoms with Gasteiger partial charge in [0.2, 0.25) is 5.89 Å². The van der Waals surface area contributed by atoms with E-state index in [9.17, 15) is 5.11 Å². The number of nitrogens with zero attached hydrogens (tertiary/aromatic N) is 3. The van der Waals surface area contributed by atoms with E-state index in [2.05, 4.69) is 10.1 Å². The van der Waals surface area contributed by atoms with E-state index in [0.717, 1.165) is 0 Å². The summed E-state index contributed by atoms with van der Waals surface area (Å²) in [6.07, 6.45) is -0.499. The lowest BCUT2D eigenvalue weighted by Crippen LogP contribution is -2.31. The normalized spacial score (nSPS) is 13.6. The second-order valence-electron chi connectivity index (χ2n) is 4.51. The molecule has 0 aliphatic carbocycles. The number of likely N-dealkylation sites (N-methyl/N-ethyl adjacent to an activating group) is 1. The molecule has 0 spiro atoms. The Labute approximate surface area is 102 Å². The molecule has 1 unspecified atom stereocenters. The van der Waals surface area contributed by atoms with E-state index < -0.39 is 6.10 Å². The number of hydrogen-bond donors (Lipinski definition) is 1. The molecule has 0 aliphatic rings. The van der Waals surface area contributed by atoms with Crippen molar-refractivity contribution in [3.63, 3.8) is 0 Å². The summed E-state index contributed by atoms with van der Waals surface area (Å²) in [6, 6.07) is 0. The number of aliphatic hydroxyl groups is 1. The first-order chi connectivity index (χ1) is 8.02. The minimum absolute atomic E-state index is 0.237. The molecular formula is C11H21N3O3. The van der Waals surface area contributed by atoms with Crippen molar-refractivity contribution >= 4 is 0 Å².